The minimum atomic E-state index is -4.55. The number of nitrogens with one attached hydrogen (secondary N) is 1. The molecule has 0 unspecified atom stereocenters. The molecule has 1 aliphatic carbocycles. The van der Waals surface area contributed by atoms with Gasteiger partial charge in [-0.05, 0) is 49.4 Å². The molecule has 0 aliphatic heterocycles. The van der Waals surface area contributed by atoms with E-state index in [1.165, 1.54) is 20.8 Å². The number of rotatable bonds is 4. The van der Waals surface area contributed by atoms with E-state index in [2.05, 4.69) is 10.3 Å². The fourth-order valence-electron chi connectivity index (χ4n) is 3.51. The van der Waals surface area contributed by atoms with Crippen molar-refractivity contribution in [1.82, 2.24) is 9.55 Å². The summed E-state index contributed by atoms with van der Waals surface area (Å²) in [4.78, 5) is 31.7. The topological polar surface area (TPSA) is 64.0 Å². The van der Waals surface area contributed by atoms with Crippen LogP contribution in [-0.2, 0) is 30.9 Å². The Morgan fingerprint density at radius 1 is 1.32 bits per heavy atom. The molecule has 3 aromatic rings. The van der Waals surface area contributed by atoms with Crippen LogP contribution in [0.5, 0.6) is 0 Å². The normalized spacial score (nSPS) is 14.0. The number of hydrogen-bond acceptors (Lipinski definition) is 5. The first-order chi connectivity index (χ1) is 14.6. The molecule has 11 heteroatoms. The summed E-state index contributed by atoms with van der Waals surface area (Å²) in [5, 5.41) is 3.44. The van der Waals surface area contributed by atoms with Crippen LogP contribution in [0.1, 0.15) is 28.8 Å². The molecule has 2 aromatic heterocycles. The number of amides is 1. The highest BCUT2D eigenvalue weighted by Gasteiger charge is 2.31. The van der Waals surface area contributed by atoms with Crippen molar-refractivity contribution in [3.8, 4) is 0 Å². The first kappa shape index (κ1) is 22.2. The zero-order valence-electron chi connectivity index (χ0n) is 16.3. The lowest BCUT2D eigenvalue weighted by atomic mass is 9.97. The number of alkyl halides is 3. The number of nitrogens with zero attached hydrogens (tertiary/aromatic N) is 2. The Hall–Kier alpha value is -2.04. The maximum Gasteiger partial charge on any atom is 0.416 e. The largest absolute Gasteiger partial charge is 0.416 e. The third-order valence-corrected chi connectivity index (χ3v) is 7.60. The Bertz CT molecular complexity index is 1240. The molecule has 0 saturated carbocycles. The summed E-state index contributed by atoms with van der Waals surface area (Å²) in [6, 6.07) is 2.73. The van der Waals surface area contributed by atoms with E-state index in [9.17, 15) is 22.8 Å². The fraction of sp³-hybridized carbons (Fsp3) is 0.350. The van der Waals surface area contributed by atoms with E-state index in [1.807, 2.05) is 0 Å². The number of aryl methyl sites for hydroxylation is 2. The number of thiophene rings is 1. The van der Waals surface area contributed by atoms with E-state index < -0.39 is 17.6 Å². The number of anilines is 1. The molecule has 5 nitrogen and oxygen atoms in total. The molecule has 0 bridgehead atoms. The molecule has 0 atom stereocenters. The van der Waals surface area contributed by atoms with Crippen molar-refractivity contribution >= 4 is 56.5 Å². The highest BCUT2D eigenvalue weighted by molar-refractivity contribution is 7.99. The first-order valence-electron chi connectivity index (χ1n) is 9.46. The van der Waals surface area contributed by atoms with Gasteiger partial charge in [0.1, 0.15) is 4.83 Å². The molecule has 1 N–H and O–H groups in total. The third kappa shape index (κ3) is 4.47. The highest BCUT2D eigenvalue weighted by Crippen LogP contribution is 2.35. The smallest absolute Gasteiger partial charge is 0.324 e. The predicted octanol–water partition coefficient (Wildman–Crippen LogP) is 5.28. The molecule has 0 fully saturated rings. The minimum Gasteiger partial charge on any atom is -0.324 e. The zero-order chi connectivity index (χ0) is 22.3. The number of halogens is 4. The second-order valence-electron chi connectivity index (χ2n) is 7.18. The van der Waals surface area contributed by atoms with Crippen LogP contribution in [0.25, 0.3) is 10.2 Å². The first-order valence-corrected chi connectivity index (χ1v) is 11.6. The number of benzene rings is 1. The van der Waals surface area contributed by atoms with Crippen molar-refractivity contribution in [2.24, 2.45) is 7.05 Å². The van der Waals surface area contributed by atoms with Gasteiger partial charge < -0.3 is 5.32 Å². The third-order valence-electron chi connectivity index (χ3n) is 5.06. The van der Waals surface area contributed by atoms with Gasteiger partial charge in [0.2, 0.25) is 5.91 Å². The van der Waals surface area contributed by atoms with Gasteiger partial charge in [0.05, 0.1) is 27.4 Å². The standard InChI is InChI=1S/C20H17ClF3N3O2S2/c1-27-18(29)16-11-4-2-3-5-14(11)31-17(16)26-19(27)30-9-15(28)25-13-8-10(20(22,23)24)6-7-12(13)21/h6-8H,2-5,9H2,1H3,(H,25,28). The van der Waals surface area contributed by atoms with Crippen molar-refractivity contribution in [2.45, 2.75) is 37.0 Å². The maximum absolute atomic E-state index is 12.9. The Morgan fingerprint density at radius 2 is 2.06 bits per heavy atom. The molecule has 1 aromatic carbocycles. The molecule has 0 spiro atoms. The summed E-state index contributed by atoms with van der Waals surface area (Å²) in [5.74, 6) is -0.685. The number of carbonyl (C=O) groups is 1. The van der Waals surface area contributed by atoms with Crippen LogP contribution in [0.2, 0.25) is 5.02 Å². The van der Waals surface area contributed by atoms with Crippen LogP contribution in [0, 0.1) is 0 Å². The number of aromatic nitrogens is 2. The van der Waals surface area contributed by atoms with Crippen LogP contribution >= 0.6 is 34.7 Å². The summed E-state index contributed by atoms with van der Waals surface area (Å²) in [7, 11) is 1.60. The Labute approximate surface area is 188 Å². The molecule has 0 saturated heterocycles. The Kier molecular flexibility index (Phi) is 6.06. The zero-order valence-corrected chi connectivity index (χ0v) is 18.7. The van der Waals surface area contributed by atoms with Crippen LogP contribution in [0.3, 0.4) is 0 Å². The second kappa shape index (κ2) is 8.48. The van der Waals surface area contributed by atoms with Gasteiger partial charge in [-0.15, -0.1) is 11.3 Å². The van der Waals surface area contributed by atoms with Gasteiger partial charge in [-0.2, -0.15) is 13.2 Å². The average Bonchev–Trinajstić information content (AvgIpc) is 3.09. The lowest BCUT2D eigenvalue weighted by molar-refractivity contribution is -0.137. The number of thioether (sulfide) groups is 1. The molecule has 164 valence electrons. The highest BCUT2D eigenvalue weighted by atomic mass is 35.5. The van der Waals surface area contributed by atoms with E-state index in [4.69, 9.17) is 11.6 Å². The molecule has 31 heavy (non-hydrogen) atoms. The summed E-state index contributed by atoms with van der Waals surface area (Å²) < 4.78 is 40.1. The molecule has 4 rings (SSSR count). The SMILES string of the molecule is Cn1c(SCC(=O)Nc2cc(C(F)(F)F)ccc2Cl)nc2sc3c(c2c1=O)CCCC3. The van der Waals surface area contributed by atoms with Gasteiger partial charge in [-0.3, -0.25) is 14.2 Å². The molecule has 1 amide bonds. The minimum absolute atomic E-state index is 0.00228. The van der Waals surface area contributed by atoms with Gasteiger partial charge in [0.15, 0.2) is 5.16 Å². The van der Waals surface area contributed by atoms with Crippen molar-refractivity contribution in [3.63, 3.8) is 0 Å². The number of carbonyl (C=O) groups excluding carboxylic acids is 1. The summed E-state index contributed by atoms with van der Waals surface area (Å²) in [5.41, 5.74) is -0.0811. The van der Waals surface area contributed by atoms with Gasteiger partial charge in [-0.25, -0.2) is 4.98 Å². The van der Waals surface area contributed by atoms with Crippen molar-refractivity contribution in [3.05, 3.63) is 49.6 Å². The summed E-state index contributed by atoms with van der Waals surface area (Å²) in [6.45, 7) is 0. The molecular weight excluding hydrogens is 471 g/mol. The molecule has 2 heterocycles. The molecule has 1 aliphatic rings. The lowest BCUT2D eigenvalue weighted by Crippen LogP contribution is -2.22. The van der Waals surface area contributed by atoms with Gasteiger partial charge in [0, 0.05) is 11.9 Å². The monoisotopic (exact) mass is 487 g/mol. The van der Waals surface area contributed by atoms with Crippen LogP contribution in [0.4, 0.5) is 18.9 Å². The molecule has 0 radical (unpaired) electrons. The number of fused-ring (bicyclic) bond motifs is 3. The predicted molar refractivity (Wildman–Crippen MR) is 117 cm³/mol. The number of hydrogen-bond donors (Lipinski definition) is 1. The summed E-state index contributed by atoms with van der Waals surface area (Å²) in [6.07, 6.45) is -0.575. The average molecular weight is 488 g/mol. The van der Waals surface area contributed by atoms with Crippen molar-refractivity contribution in [1.29, 1.82) is 0 Å². The van der Waals surface area contributed by atoms with E-state index in [0.717, 1.165) is 61.2 Å². The fourth-order valence-corrected chi connectivity index (χ4v) is 5.75. The van der Waals surface area contributed by atoms with E-state index in [-0.39, 0.29) is 22.0 Å². The Balaban J connectivity index is 1.53. The van der Waals surface area contributed by atoms with Gasteiger partial charge in [0.25, 0.3) is 5.56 Å². The van der Waals surface area contributed by atoms with Crippen molar-refractivity contribution < 1.29 is 18.0 Å². The van der Waals surface area contributed by atoms with Crippen LogP contribution in [-0.4, -0.2) is 21.2 Å². The van der Waals surface area contributed by atoms with Gasteiger partial charge >= 0.3 is 6.18 Å². The Morgan fingerprint density at radius 3 is 2.81 bits per heavy atom. The molecular formula is C20H17ClF3N3O2S2. The summed E-state index contributed by atoms with van der Waals surface area (Å²) >= 11 is 8.49. The lowest BCUT2D eigenvalue weighted by Gasteiger charge is -2.12. The van der Waals surface area contributed by atoms with Crippen molar-refractivity contribution in [2.75, 3.05) is 11.1 Å². The van der Waals surface area contributed by atoms with Crippen LogP contribution in [0.15, 0.2) is 28.2 Å². The van der Waals surface area contributed by atoms with E-state index in [1.54, 1.807) is 7.05 Å². The van der Waals surface area contributed by atoms with E-state index in [0.29, 0.717) is 15.4 Å². The maximum atomic E-state index is 12.9. The van der Waals surface area contributed by atoms with Gasteiger partial charge in [-0.1, -0.05) is 23.4 Å². The quantitative estimate of drug-likeness (QED) is 0.402. The van der Waals surface area contributed by atoms with Crippen LogP contribution < -0.4 is 10.9 Å². The van der Waals surface area contributed by atoms with E-state index >= 15 is 0 Å². The second-order valence-corrected chi connectivity index (χ2v) is 9.61.